The summed E-state index contributed by atoms with van der Waals surface area (Å²) >= 11 is 0. The molecular weight excluding hydrogens is 532 g/mol. The molecule has 0 bridgehead atoms. The Balaban J connectivity index is 1.24. The zero-order chi connectivity index (χ0) is 29.2. The largest absolute Gasteiger partial charge is 0.457 e. The van der Waals surface area contributed by atoms with Gasteiger partial charge in [-0.25, -0.2) is 9.59 Å². The van der Waals surface area contributed by atoms with E-state index in [4.69, 9.17) is 23.7 Å². The minimum atomic E-state index is -0.723. The van der Waals surface area contributed by atoms with Gasteiger partial charge in [-0.1, -0.05) is 6.07 Å². The van der Waals surface area contributed by atoms with Crippen molar-refractivity contribution in [2.75, 3.05) is 10.6 Å². The number of nitrogens with one attached hydrogen (secondary N) is 2. The maximum Gasteiger partial charge on any atom is 0.417 e. The summed E-state index contributed by atoms with van der Waals surface area (Å²) in [6.07, 6.45) is -1.42. The average molecular weight is 557 g/mol. The number of rotatable bonds is 8. The molecule has 4 aromatic carbocycles. The van der Waals surface area contributed by atoms with Gasteiger partial charge in [0.15, 0.2) is 0 Å². The molecule has 0 aliphatic carbocycles. The third-order valence-corrected chi connectivity index (χ3v) is 5.01. The van der Waals surface area contributed by atoms with Crippen LogP contribution in [-0.2, 0) is 9.59 Å². The molecule has 0 saturated carbocycles. The number of esters is 2. The topological polar surface area (TPSA) is 138 Å². The van der Waals surface area contributed by atoms with Crippen LogP contribution >= 0.6 is 0 Å². The van der Waals surface area contributed by atoms with E-state index in [0.717, 1.165) is 0 Å². The molecule has 208 valence electrons. The molecule has 0 fully saturated rings. The molecule has 0 spiro atoms. The molecule has 0 heterocycles. The van der Waals surface area contributed by atoms with E-state index in [1.807, 2.05) is 0 Å². The molecule has 0 aromatic heterocycles. The summed E-state index contributed by atoms with van der Waals surface area (Å²) in [5.41, 5.74) is 0.952. The van der Waals surface area contributed by atoms with Crippen LogP contribution in [0, 0.1) is 0 Å². The fourth-order valence-electron chi connectivity index (χ4n) is 3.36. The first kappa shape index (κ1) is 28.2. The minimum Gasteiger partial charge on any atom is -0.457 e. The first-order chi connectivity index (χ1) is 19.7. The molecule has 4 aromatic rings. The van der Waals surface area contributed by atoms with Crippen molar-refractivity contribution < 1.29 is 42.9 Å². The molecule has 0 atom stereocenters. The van der Waals surface area contributed by atoms with Gasteiger partial charge in [-0.2, -0.15) is 0 Å². The van der Waals surface area contributed by atoms with Gasteiger partial charge in [0.1, 0.15) is 34.5 Å². The maximum atomic E-state index is 12.2. The quantitative estimate of drug-likeness (QED) is 0.183. The van der Waals surface area contributed by atoms with Crippen molar-refractivity contribution in [1.82, 2.24) is 0 Å². The predicted molar refractivity (Wildman–Crippen MR) is 148 cm³/mol. The molecule has 11 heteroatoms. The lowest BCUT2D eigenvalue weighted by molar-refractivity contribution is -0.132. The van der Waals surface area contributed by atoms with Gasteiger partial charge in [0.2, 0.25) is 0 Å². The number of anilines is 2. The van der Waals surface area contributed by atoms with Crippen LogP contribution in [0.2, 0.25) is 0 Å². The Morgan fingerprint density at radius 2 is 0.829 bits per heavy atom. The van der Waals surface area contributed by atoms with Gasteiger partial charge in [-0.05, 0) is 84.9 Å². The maximum absolute atomic E-state index is 12.2. The van der Waals surface area contributed by atoms with Crippen LogP contribution in [0.25, 0.3) is 0 Å². The van der Waals surface area contributed by atoms with Crippen molar-refractivity contribution in [3.05, 3.63) is 97.1 Å². The van der Waals surface area contributed by atoms with Crippen molar-refractivity contribution in [2.24, 2.45) is 0 Å². The van der Waals surface area contributed by atoms with Gasteiger partial charge in [0.05, 0.1) is 0 Å². The van der Waals surface area contributed by atoms with E-state index in [0.29, 0.717) is 28.6 Å². The summed E-state index contributed by atoms with van der Waals surface area (Å²) in [7, 11) is 0. The van der Waals surface area contributed by atoms with E-state index >= 15 is 0 Å². The number of carbonyl (C=O) groups excluding carboxylic acids is 4. The van der Waals surface area contributed by atoms with E-state index < -0.39 is 24.1 Å². The third kappa shape index (κ3) is 9.14. The van der Waals surface area contributed by atoms with Crippen molar-refractivity contribution in [3.63, 3.8) is 0 Å². The van der Waals surface area contributed by atoms with Crippen LogP contribution in [0.1, 0.15) is 13.8 Å². The van der Waals surface area contributed by atoms with Crippen LogP contribution in [0.15, 0.2) is 97.1 Å². The standard InChI is InChI=1S/C30H24N2O9/c1-19(33)37-23-14-16-26(17-15-23)40-29(35)31-21-6-10-24(11-7-21)39-25-12-8-22(9-13-25)32-30(36)41-28-5-3-4-27(18-28)38-20(2)34/h3-18H,1-2H3,(H,31,35)(H,32,36). The summed E-state index contributed by atoms with van der Waals surface area (Å²) in [6.45, 7) is 2.57. The average Bonchev–Trinajstić information content (AvgIpc) is 2.91. The van der Waals surface area contributed by atoms with Crippen molar-refractivity contribution in [2.45, 2.75) is 13.8 Å². The predicted octanol–water partition coefficient (Wildman–Crippen LogP) is 6.55. The van der Waals surface area contributed by atoms with Crippen LogP contribution in [0.4, 0.5) is 21.0 Å². The lowest BCUT2D eigenvalue weighted by Gasteiger charge is -2.10. The molecule has 0 saturated heterocycles. The van der Waals surface area contributed by atoms with Crippen molar-refractivity contribution in [3.8, 4) is 34.5 Å². The number of ether oxygens (including phenoxy) is 5. The molecule has 11 nitrogen and oxygen atoms in total. The smallest absolute Gasteiger partial charge is 0.417 e. The fourth-order valence-corrected chi connectivity index (χ4v) is 3.36. The fraction of sp³-hybridized carbons (Fsp3) is 0.0667. The highest BCUT2D eigenvalue weighted by Gasteiger charge is 2.09. The number of hydrogen-bond donors (Lipinski definition) is 2. The molecular formula is C30H24N2O9. The molecule has 0 aliphatic heterocycles. The lowest BCUT2D eigenvalue weighted by Crippen LogP contribution is -2.16. The number of benzene rings is 4. The van der Waals surface area contributed by atoms with E-state index in [-0.39, 0.29) is 17.2 Å². The van der Waals surface area contributed by atoms with Gasteiger partial charge in [0, 0.05) is 31.3 Å². The molecule has 0 aliphatic rings. The van der Waals surface area contributed by atoms with Gasteiger partial charge < -0.3 is 23.7 Å². The Kier molecular flexibility index (Phi) is 9.13. The molecule has 0 radical (unpaired) electrons. The zero-order valence-corrected chi connectivity index (χ0v) is 21.9. The summed E-state index contributed by atoms with van der Waals surface area (Å²) < 4.78 is 26.2. The van der Waals surface area contributed by atoms with Crippen molar-refractivity contribution in [1.29, 1.82) is 0 Å². The van der Waals surface area contributed by atoms with Gasteiger partial charge >= 0.3 is 24.1 Å². The van der Waals surface area contributed by atoms with Crippen molar-refractivity contribution >= 4 is 35.5 Å². The van der Waals surface area contributed by atoms with Crippen LogP contribution < -0.4 is 34.3 Å². The molecule has 2 amide bonds. The Morgan fingerprint density at radius 1 is 0.463 bits per heavy atom. The molecule has 0 unspecified atom stereocenters. The minimum absolute atomic E-state index is 0.210. The summed E-state index contributed by atoms with van der Waals surface area (Å²) in [4.78, 5) is 46.5. The Morgan fingerprint density at radius 3 is 1.29 bits per heavy atom. The zero-order valence-electron chi connectivity index (χ0n) is 21.9. The number of carbonyl (C=O) groups is 4. The highest BCUT2D eigenvalue weighted by molar-refractivity contribution is 5.87. The van der Waals surface area contributed by atoms with E-state index in [2.05, 4.69) is 10.6 Å². The van der Waals surface area contributed by atoms with Crippen LogP contribution in [0.5, 0.6) is 34.5 Å². The second-order valence-corrected chi connectivity index (χ2v) is 8.31. The monoisotopic (exact) mass is 556 g/mol. The molecule has 41 heavy (non-hydrogen) atoms. The number of hydrogen-bond acceptors (Lipinski definition) is 9. The third-order valence-electron chi connectivity index (χ3n) is 5.01. The van der Waals surface area contributed by atoms with E-state index in [9.17, 15) is 19.2 Å². The highest BCUT2D eigenvalue weighted by Crippen LogP contribution is 2.26. The second-order valence-electron chi connectivity index (χ2n) is 8.31. The second kappa shape index (κ2) is 13.3. The highest BCUT2D eigenvalue weighted by atomic mass is 16.6. The van der Waals surface area contributed by atoms with Gasteiger partial charge in [-0.15, -0.1) is 0 Å². The Labute approximate surface area is 234 Å². The molecule has 4 rings (SSSR count). The van der Waals surface area contributed by atoms with Gasteiger partial charge in [-0.3, -0.25) is 20.2 Å². The van der Waals surface area contributed by atoms with Crippen LogP contribution in [-0.4, -0.2) is 24.1 Å². The summed E-state index contributed by atoms with van der Waals surface area (Å²) in [5.74, 6) is 1.18. The first-order valence-corrected chi connectivity index (χ1v) is 12.1. The first-order valence-electron chi connectivity index (χ1n) is 12.1. The van der Waals surface area contributed by atoms with E-state index in [1.165, 1.54) is 44.2 Å². The molecule has 2 N–H and O–H groups in total. The summed E-state index contributed by atoms with van der Waals surface area (Å²) in [5, 5.41) is 5.21. The Hall–Kier alpha value is -5.84. The summed E-state index contributed by atoms with van der Waals surface area (Å²) in [6, 6.07) is 25.4. The number of amides is 2. The SMILES string of the molecule is CC(=O)Oc1ccc(OC(=O)Nc2ccc(Oc3ccc(NC(=O)Oc4cccc(OC(C)=O)c4)cc3)cc2)cc1. The lowest BCUT2D eigenvalue weighted by atomic mass is 10.3. The van der Waals surface area contributed by atoms with Gasteiger partial charge in [0.25, 0.3) is 0 Å². The normalized spacial score (nSPS) is 10.1. The Bertz CT molecular complexity index is 1530. The van der Waals surface area contributed by atoms with E-state index in [1.54, 1.807) is 66.7 Å². The van der Waals surface area contributed by atoms with Crippen LogP contribution in [0.3, 0.4) is 0 Å².